The zero-order chi connectivity index (χ0) is 19.2. The first kappa shape index (κ1) is 19.5. The Morgan fingerprint density at radius 3 is 2.54 bits per heavy atom. The number of rotatable bonds is 8. The molecule has 1 amide bonds. The van der Waals surface area contributed by atoms with Crippen LogP contribution in [0, 0.1) is 0 Å². The maximum absolute atomic E-state index is 12.7. The van der Waals surface area contributed by atoms with Crippen LogP contribution in [0.15, 0.2) is 54.6 Å². The summed E-state index contributed by atoms with van der Waals surface area (Å²) in [7, 11) is 0. The maximum Gasteiger partial charge on any atom is 0.238 e. The summed E-state index contributed by atoms with van der Waals surface area (Å²) in [6, 6.07) is 19.3. The van der Waals surface area contributed by atoms with E-state index in [1.807, 2.05) is 30.0 Å². The van der Waals surface area contributed by atoms with Crippen LogP contribution in [-0.2, 0) is 17.9 Å². The number of carbonyl (C=O) groups excluding carboxylic acids is 1. The van der Waals surface area contributed by atoms with Crippen LogP contribution >= 0.6 is 11.8 Å². The van der Waals surface area contributed by atoms with Crippen molar-refractivity contribution in [3.63, 3.8) is 0 Å². The van der Waals surface area contributed by atoms with Gasteiger partial charge in [-0.05, 0) is 36.1 Å². The SMILES string of the molecule is O=C(CN(Cc1ccccc1)C1CC1)Nc1cccc(CN2CCSCC2)c1. The Hall–Kier alpha value is -1.82. The molecule has 2 aliphatic rings. The molecule has 2 aromatic carbocycles. The average molecular weight is 396 g/mol. The molecule has 2 fully saturated rings. The molecule has 1 heterocycles. The highest BCUT2D eigenvalue weighted by atomic mass is 32.2. The summed E-state index contributed by atoms with van der Waals surface area (Å²) in [5, 5.41) is 3.12. The molecular weight excluding hydrogens is 366 g/mol. The minimum Gasteiger partial charge on any atom is -0.325 e. The van der Waals surface area contributed by atoms with Crippen molar-refractivity contribution in [3.05, 3.63) is 65.7 Å². The van der Waals surface area contributed by atoms with Crippen LogP contribution in [0.25, 0.3) is 0 Å². The summed E-state index contributed by atoms with van der Waals surface area (Å²) in [5.41, 5.74) is 3.45. The van der Waals surface area contributed by atoms with Gasteiger partial charge >= 0.3 is 0 Å². The van der Waals surface area contributed by atoms with E-state index >= 15 is 0 Å². The number of amides is 1. The summed E-state index contributed by atoms with van der Waals surface area (Å²) in [4.78, 5) is 17.5. The summed E-state index contributed by atoms with van der Waals surface area (Å²) in [6.07, 6.45) is 2.40. The zero-order valence-corrected chi connectivity index (χ0v) is 17.2. The third kappa shape index (κ3) is 5.84. The van der Waals surface area contributed by atoms with Crippen LogP contribution in [0.4, 0.5) is 5.69 Å². The second-order valence-corrected chi connectivity index (χ2v) is 8.98. The fourth-order valence-corrected chi connectivity index (χ4v) is 4.70. The minimum absolute atomic E-state index is 0.0781. The van der Waals surface area contributed by atoms with Gasteiger partial charge < -0.3 is 5.32 Å². The molecule has 1 saturated carbocycles. The van der Waals surface area contributed by atoms with E-state index in [4.69, 9.17) is 0 Å². The van der Waals surface area contributed by atoms with Crippen LogP contribution in [0.3, 0.4) is 0 Å². The highest BCUT2D eigenvalue weighted by Gasteiger charge is 2.30. The molecule has 0 radical (unpaired) electrons. The van der Waals surface area contributed by atoms with E-state index in [1.54, 1.807) is 0 Å². The second-order valence-electron chi connectivity index (χ2n) is 7.76. The summed E-state index contributed by atoms with van der Waals surface area (Å²) in [6.45, 7) is 4.56. The molecule has 1 N–H and O–H groups in total. The van der Waals surface area contributed by atoms with E-state index in [0.717, 1.165) is 31.9 Å². The summed E-state index contributed by atoms with van der Waals surface area (Å²) < 4.78 is 0. The number of hydrogen-bond donors (Lipinski definition) is 1. The Kier molecular flexibility index (Phi) is 6.68. The van der Waals surface area contributed by atoms with Gasteiger partial charge in [-0.25, -0.2) is 0 Å². The first-order valence-corrected chi connectivity index (χ1v) is 11.4. The number of hydrogen-bond acceptors (Lipinski definition) is 4. The topological polar surface area (TPSA) is 35.6 Å². The van der Waals surface area contributed by atoms with Gasteiger partial charge in [-0.15, -0.1) is 0 Å². The standard InChI is InChI=1S/C23H29N3OS/c27-23(18-26(22-9-10-22)17-19-5-2-1-3-6-19)24-21-8-4-7-20(15-21)16-25-11-13-28-14-12-25/h1-8,15,22H,9-14,16-18H2,(H,24,27). The Morgan fingerprint density at radius 2 is 1.79 bits per heavy atom. The van der Waals surface area contributed by atoms with Gasteiger partial charge in [0.2, 0.25) is 5.91 Å². The third-order valence-corrected chi connectivity index (χ3v) is 6.30. The molecule has 0 atom stereocenters. The Morgan fingerprint density at radius 1 is 1.04 bits per heavy atom. The van der Waals surface area contributed by atoms with E-state index in [1.165, 1.54) is 35.5 Å². The Balaban J connectivity index is 1.32. The van der Waals surface area contributed by atoms with Crippen molar-refractivity contribution in [2.24, 2.45) is 0 Å². The molecule has 1 saturated heterocycles. The molecule has 5 heteroatoms. The fourth-order valence-electron chi connectivity index (χ4n) is 3.72. The quantitative estimate of drug-likeness (QED) is 0.737. The third-order valence-electron chi connectivity index (χ3n) is 5.36. The van der Waals surface area contributed by atoms with E-state index in [0.29, 0.717) is 12.6 Å². The molecule has 1 aliphatic heterocycles. The van der Waals surface area contributed by atoms with Crippen molar-refractivity contribution < 1.29 is 4.79 Å². The average Bonchev–Trinajstić information content (AvgIpc) is 3.55. The van der Waals surface area contributed by atoms with Gasteiger partial charge in [0.15, 0.2) is 0 Å². The van der Waals surface area contributed by atoms with Crippen LogP contribution in [-0.4, -0.2) is 52.9 Å². The lowest BCUT2D eigenvalue weighted by Gasteiger charge is -2.26. The number of nitrogens with one attached hydrogen (secondary N) is 1. The number of thioether (sulfide) groups is 1. The van der Waals surface area contributed by atoms with Gasteiger partial charge in [-0.2, -0.15) is 11.8 Å². The summed E-state index contributed by atoms with van der Waals surface area (Å²) >= 11 is 2.03. The zero-order valence-electron chi connectivity index (χ0n) is 16.3. The lowest BCUT2D eigenvalue weighted by atomic mass is 10.2. The normalized spacial score (nSPS) is 17.6. The molecule has 1 aliphatic carbocycles. The number of benzene rings is 2. The highest BCUT2D eigenvalue weighted by Crippen LogP contribution is 2.28. The van der Waals surface area contributed by atoms with E-state index < -0.39 is 0 Å². The van der Waals surface area contributed by atoms with E-state index in [9.17, 15) is 4.79 Å². The molecular formula is C23H29N3OS. The first-order valence-electron chi connectivity index (χ1n) is 10.2. The Labute approximate surface area is 172 Å². The largest absolute Gasteiger partial charge is 0.325 e. The minimum atomic E-state index is 0.0781. The van der Waals surface area contributed by atoms with Crippen LogP contribution in [0.5, 0.6) is 0 Å². The van der Waals surface area contributed by atoms with Crippen molar-refractivity contribution in [1.29, 1.82) is 0 Å². The van der Waals surface area contributed by atoms with Crippen molar-refractivity contribution in [2.45, 2.75) is 32.0 Å². The van der Waals surface area contributed by atoms with Gasteiger partial charge in [0.05, 0.1) is 6.54 Å². The van der Waals surface area contributed by atoms with E-state index in [2.05, 4.69) is 51.5 Å². The predicted octanol–water partition coefficient (Wildman–Crippen LogP) is 3.84. The maximum atomic E-state index is 12.7. The Bertz CT molecular complexity index is 772. The molecule has 2 aromatic rings. The number of anilines is 1. The van der Waals surface area contributed by atoms with Crippen LogP contribution in [0.2, 0.25) is 0 Å². The van der Waals surface area contributed by atoms with Gasteiger partial charge in [-0.1, -0.05) is 42.5 Å². The lowest BCUT2D eigenvalue weighted by molar-refractivity contribution is -0.117. The van der Waals surface area contributed by atoms with Crippen LogP contribution < -0.4 is 5.32 Å². The fraction of sp³-hybridized carbons (Fsp3) is 0.435. The van der Waals surface area contributed by atoms with Crippen molar-refractivity contribution in [3.8, 4) is 0 Å². The van der Waals surface area contributed by atoms with Gasteiger partial charge in [-0.3, -0.25) is 14.6 Å². The predicted molar refractivity (Wildman–Crippen MR) is 118 cm³/mol. The van der Waals surface area contributed by atoms with Gasteiger partial charge in [0.1, 0.15) is 0 Å². The molecule has 148 valence electrons. The monoisotopic (exact) mass is 395 g/mol. The van der Waals surface area contributed by atoms with Gasteiger partial charge in [0.25, 0.3) is 0 Å². The smallest absolute Gasteiger partial charge is 0.238 e. The molecule has 0 bridgehead atoms. The van der Waals surface area contributed by atoms with Crippen molar-refractivity contribution in [2.75, 3.05) is 36.5 Å². The summed E-state index contributed by atoms with van der Waals surface area (Å²) in [5.74, 6) is 2.51. The number of carbonyl (C=O) groups is 1. The molecule has 4 rings (SSSR count). The van der Waals surface area contributed by atoms with Crippen molar-refractivity contribution >= 4 is 23.4 Å². The number of nitrogens with zero attached hydrogens (tertiary/aromatic N) is 2. The van der Waals surface area contributed by atoms with Gasteiger partial charge in [0, 0.05) is 49.4 Å². The van der Waals surface area contributed by atoms with E-state index in [-0.39, 0.29) is 5.91 Å². The highest BCUT2D eigenvalue weighted by molar-refractivity contribution is 7.99. The first-order chi connectivity index (χ1) is 13.8. The molecule has 0 aromatic heterocycles. The van der Waals surface area contributed by atoms with Crippen molar-refractivity contribution in [1.82, 2.24) is 9.80 Å². The van der Waals surface area contributed by atoms with Crippen LogP contribution in [0.1, 0.15) is 24.0 Å². The second kappa shape index (κ2) is 9.59. The lowest BCUT2D eigenvalue weighted by Crippen LogP contribution is -2.34. The molecule has 0 spiro atoms. The molecule has 4 nitrogen and oxygen atoms in total. The molecule has 28 heavy (non-hydrogen) atoms. The molecule has 0 unspecified atom stereocenters.